The quantitative estimate of drug-likeness (QED) is 0.794. The SMILES string of the molecule is Cc1ccc(Cn2cncc(I)c2=O)o1. The molecule has 0 saturated carbocycles. The van der Waals surface area contributed by atoms with Gasteiger partial charge < -0.3 is 4.42 Å². The minimum atomic E-state index is -0.0420. The fourth-order valence-corrected chi connectivity index (χ4v) is 1.75. The minimum absolute atomic E-state index is 0.0420. The van der Waals surface area contributed by atoms with Crippen molar-refractivity contribution in [2.75, 3.05) is 0 Å². The second-order valence-electron chi connectivity index (χ2n) is 3.19. The Morgan fingerprint density at radius 2 is 2.33 bits per heavy atom. The zero-order valence-corrected chi connectivity index (χ0v) is 10.3. The van der Waals surface area contributed by atoms with Crippen LogP contribution in [0, 0.1) is 10.5 Å². The Kier molecular flexibility index (Phi) is 2.90. The second kappa shape index (κ2) is 4.18. The van der Waals surface area contributed by atoms with Gasteiger partial charge >= 0.3 is 0 Å². The molecule has 0 aromatic carbocycles. The van der Waals surface area contributed by atoms with E-state index in [4.69, 9.17) is 4.42 Å². The molecule has 2 rings (SSSR count). The summed E-state index contributed by atoms with van der Waals surface area (Å²) in [5.41, 5.74) is -0.0420. The molecule has 2 aromatic heterocycles. The van der Waals surface area contributed by atoms with Crippen LogP contribution in [0.15, 0.2) is 33.9 Å². The van der Waals surface area contributed by atoms with Crippen LogP contribution in [0.2, 0.25) is 0 Å². The molecule has 15 heavy (non-hydrogen) atoms. The Morgan fingerprint density at radius 3 is 3.00 bits per heavy atom. The summed E-state index contributed by atoms with van der Waals surface area (Å²) < 4.78 is 7.53. The van der Waals surface area contributed by atoms with Gasteiger partial charge in [-0.3, -0.25) is 9.36 Å². The Hall–Kier alpha value is -1.11. The monoisotopic (exact) mass is 316 g/mol. The van der Waals surface area contributed by atoms with Crippen LogP contribution in [0.4, 0.5) is 0 Å². The van der Waals surface area contributed by atoms with E-state index >= 15 is 0 Å². The van der Waals surface area contributed by atoms with E-state index in [9.17, 15) is 4.79 Å². The number of aromatic nitrogens is 2. The maximum absolute atomic E-state index is 11.7. The van der Waals surface area contributed by atoms with Crippen molar-refractivity contribution in [1.82, 2.24) is 9.55 Å². The number of rotatable bonds is 2. The summed E-state index contributed by atoms with van der Waals surface area (Å²) in [5.74, 6) is 1.61. The van der Waals surface area contributed by atoms with Crippen LogP contribution < -0.4 is 5.56 Å². The highest BCUT2D eigenvalue weighted by molar-refractivity contribution is 14.1. The molecule has 2 heterocycles. The lowest BCUT2D eigenvalue weighted by Crippen LogP contribution is -2.22. The predicted octanol–water partition coefficient (Wildman–Crippen LogP) is 1.80. The molecule has 0 atom stereocenters. The number of hydrogen-bond donors (Lipinski definition) is 0. The van der Waals surface area contributed by atoms with Gasteiger partial charge in [0.1, 0.15) is 11.5 Å². The van der Waals surface area contributed by atoms with Crippen LogP contribution in [0.5, 0.6) is 0 Å². The highest BCUT2D eigenvalue weighted by atomic mass is 127. The third-order valence-corrected chi connectivity index (χ3v) is 2.72. The molecule has 0 fully saturated rings. The van der Waals surface area contributed by atoms with E-state index in [-0.39, 0.29) is 5.56 Å². The molecule has 0 aliphatic carbocycles. The number of furan rings is 1. The smallest absolute Gasteiger partial charge is 0.267 e. The molecule has 0 amide bonds. The van der Waals surface area contributed by atoms with Gasteiger partial charge in [-0.2, -0.15) is 0 Å². The predicted molar refractivity (Wildman–Crippen MR) is 63.8 cm³/mol. The van der Waals surface area contributed by atoms with Crippen LogP contribution in [0.3, 0.4) is 0 Å². The molecule has 0 bridgehead atoms. The summed E-state index contributed by atoms with van der Waals surface area (Å²) in [6.07, 6.45) is 3.06. The Balaban J connectivity index is 2.32. The highest BCUT2D eigenvalue weighted by Crippen LogP contribution is 2.07. The highest BCUT2D eigenvalue weighted by Gasteiger charge is 2.04. The first kappa shape index (κ1) is 10.4. The zero-order chi connectivity index (χ0) is 10.8. The standard InChI is InChI=1S/C10H9IN2O2/c1-7-2-3-8(15-7)5-13-6-12-4-9(11)10(13)14/h2-4,6H,5H2,1H3. The van der Waals surface area contributed by atoms with E-state index in [1.807, 2.05) is 41.6 Å². The molecule has 78 valence electrons. The molecule has 0 aliphatic rings. The molecular formula is C10H9IN2O2. The molecule has 2 aromatic rings. The molecule has 5 heteroatoms. The molecular weight excluding hydrogens is 307 g/mol. The van der Waals surface area contributed by atoms with Gasteiger partial charge in [-0.05, 0) is 41.6 Å². The van der Waals surface area contributed by atoms with Crippen molar-refractivity contribution >= 4 is 22.6 Å². The van der Waals surface area contributed by atoms with Gasteiger partial charge in [0.15, 0.2) is 0 Å². The first-order chi connectivity index (χ1) is 7.16. The molecule has 4 nitrogen and oxygen atoms in total. The van der Waals surface area contributed by atoms with Crippen LogP contribution in [0.1, 0.15) is 11.5 Å². The van der Waals surface area contributed by atoms with Crippen molar-refractivity contribution in [3.8, 4) is 0 Å². The van der Waals surface area contributed by atoms with Crippen molar-refractivity contribution in [2.24, 2.45) is 0 Å². The van der Waals surface area contributed by atoms with Crippen LogP contribution in [-0.2, 0) is 6.54 Å². The van der Waals surface area contributed by atoms with Crippen molar-refractivity contribution < 1.29 is 4.42 Å². The van der Waals surface area contributed by atoms with E-state index in [0.29, 0.717) is 10.1 Å². The van der Waals surface area contributed by atoms with Crippen LogP contribution >= 0.6 is 22.6 Å². The fraction of sp³-hybridized carbons (Fsp3) is 0.200. The molecule has 0 spiro atoms. The van der Waals surface area contributed by atoms with Gasteiger partial charge in [0.05, 0.1) is 16.4 Å². The number of halogens is 1. The average molecular weight is 316 g/mol. The maximum atomic E-state index is 11.7. The topological polar surface area (TPSA) is 48.0 Å². The van der Waals surface area contributed by atoms with Crippen LogP contribution in [0.25, 0.3) is 0 Å². The second-order valence-corrected chi connectivity index (χ2v) is 4.35. The van der Waals surface area contributed by atoms with Crippen LogP contribution in [-0.4, -0.2) is 9.55 Å². The lowest BCUT2D eigenvalue weighted by Gasteiger charge is -2.02. The summed E-state index contributed by atoms with van der Waals surface area (Å²) in [4.78, 5) is 15.6. The summed E-state index contributed by atoms with van der Waals surface area (Å²) in [6, 6.07) is 3.74. The van der Waals surface area contributed by atoms with E-state index in [1.54, 1.807) is 6.20 Å². The lowest BCUT2D eigenvalue weighted by atomic mass is 10.4. The third-order valence-electron chi connectivity index (χ3n) is 1.98. The minimum Gasteiger partial charge on any atom is -0.464 e. The van der Waals surface area contributed by atoms with Gasteiger partial charge in [-0.25, -0.2) is 4.98 Å². The van der Waals surface area contributed by atoms with Gasteiger partial charge in [0.2, 0.25) is 0 Å². The third kappa shape index (κ3) is 2.28. The van der Waals surface area contributed by atoms with Gasteiger partial charge in [0, 0.05) is 6.20 Å². The zero-order valence-electron chi connectivity index (χ0n) is 8.11. The first-order valence-electron chi connectivity index (χ1n) is 4.42. The van der Waals surface area contributed by atoms with E-state index in [0.717, 1.165) is 11.5 Å². The average Bonchev–Trinajstić information content (AvgIpc) is 2.59. The van der Waals surface area contributed by atoms with Gasteiger partial charge in [-0.1, -0.05) is 0 Å². The van der Waals surface area contributed by atoms with E-state index in [2.05, 4.69) is 4.98 Å². The molecule has 0 N–H and O–H groups in total. The Bertz CT molecular complexity index is 530. The van der Waals surface area contributed by atoms with Crippen molar-refractivity contribution in [3.05, 3.63) is 50.1 Å². The molecule has 0 aliphatic heterocycles. The number of aryl methyl sites for hydroxylation is 1. The molecule has 0 radical (unpaired) electrons. The Labute approximate surface area is 100 Å². The number of hydrogen-bond acceptors (Lipinski definition) is 3. The Morgan fingerprint density at radius 1 is 1.53 bits per heavy atom. The fourth-order valence-electron chi connectivity index (χ4n) is 1.27. The molecule has 0 saturated heterocycles. The summed E-state index contributed by atoms with van der Waals surface area (Å²) in [5, 5.41) is 0. The number of nitrogens with zero attached hydrogens (tertiary/aromatic N) is 2. The van der Waals surface area contributed by atoms with Gasteiger partial charge in [0.25, 0.3) is 5.56 Å². The van der Waals surface area contributed by atoms with Crippen molar-refractivity contribution in [1.29, 1.82) is 0 Å². The van der Waals surface area contributed by atoms with E-state index < -0.39 is 0 Å². The summed E-state index contributed by atoms with van der Waals surface area (Å²) in [7, 11) is 0. The maximum Gasteiger partial charge on any atom is 0.267 e. The van der Waals surface area contributed by atoms with E-state index in [1.165, 1.54) is 10.9 Å². The van der Waals surface area contributed by atoms with Crippen molar-refractivity contribution in [2.45, 2.75) is 13.5 Å². The normalized spacial score (nSPS) is 10.5. The van der Waals surface area contributed by atoms with Gasteiger partial charge in [-0.15, -0.1) is 0 Å². The van der Waals surface area contributed by atoms with Crippen molar-refractivity contribution in [3.63, 3.8) is 0 Å². The molecule has 0 unspecified atom stereocenters. The lowest BCUT2D eigenvalue weighted by molar-refractivity contribution is 0.465. The first-order valence-corrected chi connectivity index (χ1v) is 5.50. The summed E-state index contributed by atoms with van der Waals surface area (Å²) >= 11 is 1.97. The largest absolute Gasteiger partial charge is 0.464 e. The summed E-state index contributed by atoms with van der Waals surface area (Å²) in [6.45, 7) is 2.30.